The average molecular weight is 418 g/mol. The summed E-state index contributed by atoms with van der Waals surface area (Å²) in [4.78, 5) is 0. The lowest BCUT2D eigenvalue weighted by Gasteiger charge is -2.13. The van der Waals surface area contributed by atoms with Crippen LogP contribution in [0.3, 0.4) is 0 Å². The lowest BCUT2D eigenvalue weighted by Crippen LogP contribution is -2.05. The van der Waals surface area contributed by atoms with Crippen molar-refractivity contribution >= 4 is 34.4 Å². The van der Waals surface area contributed by atoms with E-state index in [1.807, 2.05) is 30.5 Å². The number of aromatic amines is 1. The monoisotopic (exact) mass is 417 g/mol. The maximum absolute atomic E-state index is 5.34. The molecule has 0 saturated heterocycles. The molecular weight excluding hydrogens is 398 g/mol. The van der Waals surface area contributed by atoms with Crippen molar-refractivity contribution < 1.29 is 0 Å². The summed E-state index contributed by atoms with van der Waals surface area (Å²) in [5, 5.41) is 11.7. The van der Waals surface area contributed by atoms with Crippen molar-refractivity contribution in [1.82, 2.24) is 19.4 Å². The maximum atomic E-state index is 5.34. The molecule has 0 unspecified atom stereocenters. The van der Waals surface area contributed by atoms with Gasteiger partial charge in [0.25, 0.3) is 0 Å². The minimum Gasteiger partial charge on any atom is -0.346 e. The van der Waals surface area contributed by atoms with Crippen LogP contribution in [0, 0.1) is 18.6 Å². The molecule has 130 valence electrons. The molecule has 0 aliphatic heterocycles. The first kappa shape index (κ1) is 17.8. The fourth-order valence-corrected chi connectivity index (χ4v) is 3.64. The first-order valence-electron chi connectivity index (χ1n) is 8.04. The number of hydrogen-bond donors (Lipinski definition) is 1. The Kier molecular flexibility index (Phi) is 5.06. The summed E-state index contributed by atoms with van der Waals surface area (Å²) in [5.74, 6) is 0.681. The van der Waals surface area contributed by atoms with Crippen LogP contribution in [-0.4, -0.2) is 25.7 Å². The highest BCUT2D eigenvalue weighted by Gasteiger charge is 2.11. The third kappa shape index (κ3) is 3.52. The van der Waals surface area contributed by atoms with Crippen molar-refractivity contribution in [2.24, 2.45) is 5.10 Å². The Hall–Kier alpha value is -1.99. The van der Waals surface area contributed by atoms with Crippen LogP contribution in [-0.2, 0) is 0 Å². The van der Waals surface area contributed by atoms with Crippen molar-refractivity contribution in [3.8, 4) is 11.4 Å². The van der Waals surface area contributed by atoms with Crippen LogP contribution < -0.4 is 0 Å². The summed E-state index contributed by atoms with van der Waals surface area (Å²) in [7, 11) is 0. The Morgan fingerprint density at radius 2 is 2.04 bits per heavy atom. The van der Waals surface area contributed by atoms with Gasteiger partial charge in [-0.05, 0) is 58.1 Å². The molecule has 2 heterocycles. The first-order chi connectivity index (χ1) is 11.9. The molecule has 3 aromatic rings. The summed E-state index contributed by atoms with van der Waals surface area (Å²) >= 11 is 8.83. The summed E-state index contributed by atoms with van der Waals surface area (Å²) < 4.78 is 5.39. The van der Waals surface area contributed by atoms with Gasteiger partial charge in [0, 0.05) is 33.0 Å². The molecule has 1 N–H and O–H groups in total. The largest absolute Gasteiger partial charge is 0.346 e. The van der Waals surface area contributed by atoms with Crippen LogP contribution in [0.4, 0.5) is 0 Å². The molecule has 7 heteroatoms. The highest BCUT2D eigenvalue weighted by atomic mass is 79.9. The zero-order chi connectivity index (χ0) is 18.1. The molecule has 0 amide bonds. The van der Waals surface area contributed by atoms with Crippen molar-refractivity contribution in [2.45, 2.75) is 33.7 Å². The van der Waals surface area contributed by atoms with Crippen LogP contribution >= 0.6 is 28.1 Å². The van der Waals surface area contributed by atoms with Gasteiger partial charge in [0.1, 0.15) is 0 Å². The highest BCUT2D eigenvalue weighted by molar-refractivity contribution is 9.10. The maximum Gasteiger partial charge on any atom is 0.216 e. The van der Waals surface area contributed by atoms with Crippen LogP contribution in [0.25, 0.3) is 11.4 Å². The standard InChI is InChI=1S/C18H20BrN5S/c1-11(2)23-12(3)8-15(13(23)4)10-20-24-17(21-22-18(24)25)14-6-5-7-16(19)9-14/h5-11H,1-4H3,(H,22,25)/b20-10-. The van der Waals surface area contributed by atoms with E-state index in [2.05, 4.69) is 69.6 Å². The Morgan fingerprint density at radius 1 is 1.28 bits per heavy atom. The van der Waals surface area contributed by atoms with Gasteiger partial charge < -0.3 is 4.57 Å². The van der Waals surface area contributed by atoms with Crippen molar-refractivity contribution in [1.29, 1.82) is 0 Å². The molecule has 0 fully saturated rings. The van der Waals surface area contributed by atoms with E-state index in [0.29, 0.717) is 16.6 Å². The number of benzene rings is 1. The molecule has 0 saturated carbocycles. The smallest absolute Gasteiger partial charge is 0.216 e. The van der Waals surface area contributed by atoms with Crippen LogP contribution in [0.5, 0.6) is 0 Å². The van der Waals surface area contributed by atoms with Gasteiger partial charge in [-0.2, -0.15) is 14.9 Å². The van der Waals surface area contributed by atoms with Crippen molar-refractivity contribution in [3.63, 3.8) is 0 Å². The van der Waals surface area contributed by atoms with Gasteiger partial charge in [-0.1, -0.05) is 28.1 Å². The summed E-state index contributed by atoms with van der Waals surface area (Å²) in [5.41, 5.74) is 4.42. The Morgan fingerprint density at radius 3 is 2.68 bits per heavy atom. The average Bonchev–Trinajstić information content (AvgIpc) is 3.05. The SMILES string of the molecule is Cc1cc(/C=N\n2c(-c3cccc(Br)c3)n[nH]c2=S)c(C)n1C(C)C. The summed E-state index contributed by atoms with van der Waals surface area (Å²) in [6.07, 6.45) is 1.84. The molecule has 0 radical (unpaired) electrons. The number of nitrogens with one attached hydrogen (secondary N) is 1. The quantitative estimate of drug-likeness (QED) is 0.465. The second kappa shape index (κ2) is 7.09. The predicted octanol–water partition coefficient (Wildman–Crippen LogP) is 5.25. The molecule has 1 aromatic carbocycles. The third-order valence-electron chi connectivity index (χ3n) is 4.09. The minimum atomic E-state index is 0.412. The van der Waals surface area contributed by atoms with Crippen molar-refractivity contribution in [3.05, 3.63) is 56.5 Å². The molecular formula is C18H20BrN5S. The fraction of sp³-hybridized carbons (Fsp3) is 0.278. The Bertz CT molecular complexity index is 993. The van der Waals surface area contributed by atoms with E-state index in [1.165, 1.54) is 11.4 Å². The fourth-order valence-electron chi connectivity index (χ4n) is 3.06. The minimum absolute atomic E-state index is 0.412. The zero-order valence-corrected chi connectivity index (χ0v) is 17.0. The van der Waals surface area contributed by atoms with E-state index in [9.17, 15) is 0 Å². The number of halogens is 1. The Labute approximate surface area is 160 Å². The van der Waals surface area contributed by atoms with Crippen LogP contribution in [0.15, 0.2) is 39.9 Å². The van der Waals surface area contributed by atoms with Gasteiger partial charge in [0.05, 0.1) is 6.21 Å². The molecule has 2 aromatic heterocycles. The van der Waals surface area contributed by atoms with Gasteiger partial charge >= 0.3 is 0 Å². The number of aryl methyl sites for hydroxylation is 1. The number of rotatable bonds is 4. The van der Waals surface area contributed by atoms with Gasteiger partial charge in [-0.25, -0.2) is 5.10 Å². The van der Waals surface area contributed by atoms with Gasteiger partial charge in [-0.3, -0.25) is 0 Å². The van der Waals surface area contributed by atoms with E-state index in [-0.39, 0.29) is 0 Å². The predicted molar refractivity (Wildman–Crippen MR) is 108 cm³/mol. The normalized spacial score (nSPS) is 11.8. The van der Waals surface area contributed by atoms with Gasteiger partial charge in [-0.15, -0.1) is 0 Å². The molecule has 0 atom stereocenters. The number of H-pyrrole nitrogens is 1. The van der Waals surface area contributed by atoms with Crippen LogP contribution in [0.1, 0.15) is 36.8 Å². The van der Waals surface area contributed by atoms with E-state index in [4.69, 9.17) is 12.2 Å². The second-order valence-electron chi connectivity index (χ2n) is 6.21. The van der Waals surface area contributed by atoms with Crippen LogP contribution in [0.2, 0.25) is 0 Å². The topological polar surface area (TPSA) is 50.9 Å². The molecule has 5 nitrogen and oxygen atoms in total. The number of hydrogen-bond acceptors (Lipinski definition) is 3. The third-order valence-corrected chi connectivity index (χ3v) is 4.84. The van der Waals surface area contributed by atoms with Gasteiger partial charge in [0.15, 0.2) is 5.82 Å². The van der Waals surface area contributed by atoms with E-state index >= 15 is 0 Å². The molecule has 25 heavy (non-hydrogen) atoms. The molecule has 0 aliphatic rings. The number of aromatic nitrogens is 4. The Balaban J connectivity index is 2.02. The van der Waals surface area contributed by atoms with E-state index in [0.717, 1.165) is 15.6 Å². The lowest BCUT2D eigenvalue weighted by molar-refractivity contribution is 0.574. The van der Waals surface area contributed by atoms with E-state index < -0.39 is 0 Å². The summed E-state index contributed by atoms with van der Waals surface area (Å²) in [6, 6.07) is 10.5. The highest BCUT2D eigenvalue weighted by Crippen LogP contribution is 2.22. The molecule has 3 rings (SSSR count). The van der Waals surface area contributed by atoms with E-state index in [1.54, 1.807) is 4.68 Å². The lowest BCUT2D eigenvalue weighted by atomic mass is 10.2. The first-order valence-corrected chi connectivity index (χ1v) is 9.24. The van der Waals surface area contributed by atoms with Crippen molar-refractivity contribution in [2.75, 3.05) is 0 Å². The molecule has 0 aliphatic carbocycles. The molecule has 0 bridgehead atoms. The second-order valence-corrected chi connectivity index (χ2v) is 7.51. The number of nitrogens with zero attached hydrogens (tertiary/aromatic N) is 4. The zero-order valence-electron chi connectivity index (χ0n) is 14.6. The van der Waals surface area contributed by atoms with Gasteiger partial charge in [0.2, 0.25) is 4.77 Å². The summed E-state index contributed by atoms with van der Waals surface area (Å²) in [6.45, 7) is 8.58. The molecule has 0 spiro atoms.